The molecule has 1 aromatic carbocycles. The molecule has 4 aliphatic rings. The van der Waals surface area contributed by atoms with E-state index in [9.17, 15) is 9.59 Å². The molecule has 4 fully saturated rings. The Morgan fingerprint density at radius 2 is 1.70 bits per heavy atom. The molecule has 144 valence electrons. The Morgan fingerprint density at radius 3 is 2.33 bits per heavy atom. The smallest absolute Gasteiger partial charge is 0.272 e. The number of hydrogen-bond acceptors (Lipinski definition) is 3. The van der Waals surface area contributed by atoms with Crippen molar-refractivity contribution in [3.63, 3.8) is 0 Å². The Balaban J connectivity index is 1.30. The molecule has 0 atom stereocenters. The molecule has 6 heteroatoms. The summed E-state index contributed by atoms with van der Waals surface area (Å²) < 4.78 is 0.718. The van der Waals surface area contributed by atoms with E-state index in [1.54, 1.807) is 19.1 Å². The van der Waals surface area contributed by atoms with Gasteiger partial charge in [0.2, 0.25) is 5.91 Å². The van der Waals surface area contributed by atoms with Crippen LogP contribution in [0.15, 0.2) is 33.8 Å². The average molecular weight is 432 g/mol. The van der Waals surface area contributed by atoms with Gasteiger partial charge in [-0.2, -0.15) is 5.10 Å². The molecule has 4 bridgehead atoms. The van der Waals surface area contributed by atoms with Gasteiger partial charge in [-0.1, -0.05) is 12.1 Å². The number of carbonyl (C=O) groups is 2. The Kier molecular flexibility index (Phi) is 5.35. The first-order chi connectivity index (χ1) is 13.0. The van der Waals surface area contributed by atoms with E-state index >= 15 is 0 Å². The zero-order valence-corrected chi connectivity index (χ0v) is 17.2. The highest BCUT2D eigenvalue weighted by Gasteiger charge is 2.48. The Labute approximate surface area is 168 Å². The highest BCUT2D eigenvalue weighted by Crippen LogP contribution is 2.53. The summed E-state index contributed by atoms with van der Waals surface area (Å²) in [5.74, 6) is 2.86. The molecule has 4 saturated carbocycles. The monoisotopic (exact) mass is 431 g/mol. The normalized spacial score (nSPS) is 31.6. The molecule has 0 heterocycles. The second-order valence-electron chi connectivity index (χ2n) is 8.47. The largest absolute Gasteiger partial charge is 0.352 e. The molecular weight excluding hydrogens is 406 g/mol. The second-order valence-corrected chi connectivity index (χ2v) is 9.32. The van der Waals surface area contributed by atoms with Crippen molar-refractivity contribution < 1.29 is 9.59 Å². The maximum Gasteiger partial charge on any atom is 0.272 e. The van der Waals surface area contributed by atoms with Gasteiger partial charge < -0.3 is 5.32 Å². The van der Waals surface area contributed by atoms with Crippen molar-refractivity contribution in [2.75, 3.05) is 0 Å². The van der Waals surface area contributed by atoms with Crippen LogP contribution in [0.1, 0.15) is 55.8 Å². The topological polar surface area (TPSA) is 70.6 Å². The minimum Gasteiger partial charge on any atom is -0.352 e. The van der Waals surface area contributed by atoms with Crippen molar-refractivity contribution in [2.45, 2.75) is 51.5 Å². The summed E-state index contributed by atoms with van der Waals surface area (Å²) in [6.45, 7) is 1.77. The number of hydrogen-bond donors (Lipinski definition) is 2. The second kappa shape index (κ2) is 7.74. The van der Waals surface area contributed by atoms with Crippen LogP contribution in [0.2, 0.25) is 0 Å². The number of nitrogens with zero attached hydrogens (tertiary/aromatic N) is 1. The van der Waals surface area contributed by atoms with Crippen LogP contribution < -0.4 is 10.7 Å². The van der Waals surface area contributed by atoms with E-state index in [2.05, 4.69) is 31.8 Å². The van der Waals surface area contributed by atoms with Crippen molar-refractivity contribution in [1.82, 2.24) is 10.7 Å². The predicted molar refractivity (Wildman–Crippen MR) is 108 cm³/mol. The first-order valence-corrected chi connectivity index (χ1v) is 10.7. The zero-order chi connectivity index (χ0) is 19.0. The summed E-state index contributed by atoms with van der Waals surface area (Å²) >= 11 is 3.36. The molecular formula is C21H26BrN3O2. The minimum atomic E-state index is -0.289. The number of rotatable bonds is 5. The fourth-order valence-corrected chi connectivity index (χ4v) is 5.99. The van der Waals surface area contributed by atoms with Gasteiger partial charge in [0.25, 0.3) is 5.91 Å². The molecule has 27 heavy (non-hydrogen) atoms. The fourth-order valence-electron chi connectivity index (χ4n) is 5.52. The number of nitrogens with one attached hydrogen (secondary N) is 2. The third kappa shape index (κ3) is 4.10. The minimum absolute atomic E-state index is 0.0175. The molecule has 0 aliphatic heterocycles. The number of carbonyl (C=O) groups excluding carboxylic acids is 2. The molecule has 2 amide bonds. The van der Waals surface area contributed by atoms with Crippen LogP contribution in [-0.4, -0.2) is 23.6 Å². The molecule has 0 aromatic heterocycles. The molecule has 0 spiro atoms. The van der Waals surface area contributed by atoms with E-state index in [0.29, 0.717) is 29.2 Å². The fraction of sp³-hybridized carbons (Fsp3) is 0.571. The van der Waals surface area contributed by atoms with E-state index in [-0.39, 0.29) is 18.2 Å². The molecule has 1 aromatic rings. The van der Waals surface area contributed by atoms with Crippen LogP contribution in [0.5, 0.6) is 0 Å². The van der Waals surface area contributed by atoms with E-state index in [1.165, 1.54) is 32.1 Å². The first-order valence-electron chi connectivity index (χ1n) is 9.87. The van der Waals surface area contributed by atoms with Crippen LogP contribution in [0, 0.1) is 23.7 Å². The molecule has 5 rings (SSSR count). The SMILES string of the molecule is C/C(CC(=O)NC1C2CC3CC(C2)CC1C3)=N\NC(=O)c1ccccc1Br. The van der Waals surface area contributed by atoms with Crippen molar-refractivity contribution in [2.24, 2.45) is 28.8 Å². The molecule has 0 unspecified atom stereocenters. The summed E-state index contributed by atoms with van der Waals surface area (Å²) in [5.41, 5.74) is 3.67. The Morgan fingerprint density at radius 1 is 1.07 bits per heavy atom. The molecule has 0 saturated heterocycles. The maximum atomic E-state index is 12.5. The number of benzene rings is 1. The van der Waals surface area contributed by atoms with Crippen LogP contribution in [0.4, 0.5) is 0 Å². The van der Waals surface area contributed by atoms with E-state index in [0.717, 1.165) is 16.3 Å². The van der Waals surface area contributed by atoms with Gasteiger partial charge >= 0.3 is 0 Å². The molecule has 0 radical (unpaired) electrons. The number of halogens is 1. The highest BCUT2D eigenvalue weighted by atomic mass is 79.9. The summed E-state index contributed by atoms with van der Waals surface area (Å²) in [6, 6.07) is 7.53. The lowest BCUT2D eigenvalue weighted by molar-refractivity contribution is -0.123. The van der Waals surface area contributed by atoms with E-state index in [1.807, 2.05) is 12.1 Å². The number of amides is 2. The molecule has 5 nitrogen and oxygen atoms in total. The Hall–Kier alpha value is -1.69. The standard InChI is InChI=1S/C21H26BrN3O2/c1-12(24-25-21(27)17-4-2-3-5-18(17)22)6-19(26)23-20-15-8-13-7-14(10-15)11-16(20)9-13/h2-5,13-16,20H,6-11H2,1H3,(H,23,26)(H,25,27)/b24-12+. The van der Waals surface area contributed by atoms with Gasteiger partial charge in [-0.3, -0.25) is 9.59 Å². The maximum absolute atomic E-state index is 12.5. The van der Waals surface area contributed by atoms with Gasteiger partial charge in [-0.15, -0.1) is 0 Å². The molecule has 2 N–H and O–H groups in total. The summed E-state index contributed by atoms with van der Waals surface area (Å²) in [6.07, 6.45) is 6.77. The summed E-state index contributed by atoms with van der Waals surface area (Å²) in [4.78, 5) is 24.7. The lowest BCUT2D eigenvalue weighted by atomic mass is 9.54. The highest BCUT2D eigenvalue weighted by molar-refractivity contribution is 9.10. The van der Waals surface area contributed by atoms with Crippen LogP contribution in [0.3, 0.4) is 0 Å². The van der Waals surface area contributed by atoms with Gasteiger partial charge in [0.05, 0.1) is 12.0 Å². The van der Waals surface area contributed by atoms with Crippen molar-refractivity contribution >= 4 is 33.5 Å². The Bertz CT molecular complexity index is 748. The van der Waals surface area contributed by atoms with Crippen LogP contribution >= 0.6 is 15.9 Å². The van der Waals surface area contributed by atoms with E-state index in [4.69, 9.17) is 0 Å². The first kappa shape index (κ1) is 18.7. The van der Waals surface area contributed by atoms with Crippen molar-refractivity contribution in [3.8, 4) is 0 Å². The zero-order valence-electron chi connectivity index (χ0n) is 15.6. The summed E-state index contributed by atoms with van der Waals surface area (Å²) in [7, 11) is 0. The summed E-state index contributed by atoms with van der Waals surface area (Å²) in [5, 5.41) is 7.38. The van der Waals surface area contributed by atoms with Crippen molar-refractivity contribution in [3.05, 3.63) is 34.3 Å². The van der Waals surface area contributed by atoms with Gasteiger partial charge in [0.15, 0.2) is 0 Å². The van der Waals surface area contributed by atoms with Gasteiger partial charge in [-0.25, -0.2) is 5.43 Å². The lowest BCUT2D eigenvalue weighted by Gasteiger charge is -2.54. The quantitative estimate of drug-likeness (QED) is 0.548. The van der Waals surface area contributed by atoms with Crippen molar-refractivity contribution in [1.29, 1.82) is 0 Å². The third-order valence-electron chi connectivity index (χ3n) is 6.44. The van der Waals surface area contributed by atoms with Gasteiger partial charge in [0.1, 0.15) is 0 Å². The lowest BCUT2D eigenvalue weighted by Crippen LogP contribution is -2.56. The van der Waals surface area contributed by atoms with Crippen LogP contribution in [0.25, 0.3) is 0 Å². The van der Waals surface area contributed by atoms with Crippen LogP contribution in [-0.2, 0) is 4.79 Å². The van der Waals surface area contributed by atoms with Gasteiger partial charge in [-0.05, 0) is 90.8 Å². The predicted octanol–water partition coefficient (Wildman–Crippen LogP) is 3.89. The molecule has 4 aliphatic carbocycles. The third-order valence-corrected chi connectivity index (χ3v) is 7.13. The van der Waals surface area contributed by atoms with E-state index < -0.39 is 0 Å². The van der Waals surface area contributed by atoms with Gasteiger partial charge in [0, 0.05) is 16.2 Å². The average Bonchev–Trinajstić information content (AvgIpc) is 2.62. The number of hydrazone groups is 1.